The molecule has 3 aliphatic carbocycles. The number of hydrogen-bond acceptors (Lipinski definition) is 3. The van der Waals surface area contributed by atoms with E-state index in [1.165, 1.54) is 18.4 Å². The first kappa shape index (κ1) is 12.1. The summed E-state index contributed by atoms with van der Waals surface area (Å²) in [6, 6.07) is 0.669. The van der Waals surface area contributed by atoms with Crippen LogP contribution in [-0.2, 0) is 6.54 Å². The summed E-state index contributed by atoms with van der Waals surface area (Å²) in [4.78, 5) is 8.13. The van der Waals surface area contributed by atoms with Crippen LogP contribution in [0.15, 0.2) is 18.7 Å². The van der Waals surface area contributed by atoms with Crippen LogP contribution in [0, 0.1) is 23.2 Å². The van der Waals surface area contributed by atoms with E-state index >= 15 is 0 Å². The average molecular weight is 245 g/mol. The number of aromatic nitrogens is 2. The van der Waals surface area contributed by atoms with Gasteiger partial charge in [-0.1, -0.05) is 20.8 Å². The summed E-state index contributed by atoms with van der Waals surface area (Å²) in [7, 11) is 0. The van der Waals surface area contributed by atoms with Crippen LogP contribution >= 0.6 is 0 Å². The molecule has 0 aromatic carbocycles. The van der Waals surface area contributed by atoms with Gasteiger partial charge in [0.1, 0.15) is 6.33 Å². The fraction of sp³-hybridized carbons (Fsp3) is 0.733. The van der Waals surface area contributed by atoms with Crippen molar-refractivity contribution in [3.8, 4) is 0 Å². The topological polar surface area (TPSA) is 37.8 Å². The summed E-state index contributed by atoms with van der Waals surface area (Å²) in [5, 5.41) is 3.71. The molecule has 18 heavy (non-hydrogen) atoms. The van der Waals surface area contributed by atoms with Gasteiger partial charge in [-0.05, 0) is 36.0 Å². The molecule has 3 heteroatoms. The van der Waals surface area contributed by atoms with Gasteiger partial charge in [-0.3, -0.25) is 0 Å². The Bertz CT molecular complexity index is 415. The Labute approximate surface area is 109 Å². The molecule has 0 aliphatic heterocycles. The number of rotatable bonds is 3. The molecule has 3 aliphatic rings. The average Bonchev–Trinajstić information content (AvgIpc) is 2.38. The standard InChI is InChI=1S/C15H23N3/c1-10-13-4-12(15(13,2)3)5-14(10)18-8-11-6-16-9-17-7-11/h6-7,9-10,12-14,18H,4-5,8H2,1-3H3/t10-,12-,13+,14-/m1/s1. The molecule has 3 fully saturated rings. The van der Waals surface area contributed by atoms with E-state index in [0.29, 0.717) is 11.5 Å². The van der Waals surface area contributed by atoms with Gasteiger partial charge in [-0.2, -0.15) is 0 Å². The third-order valence-corrected chi connectivity index (χ3v) is 5.54. The largest absolute Gasteiger partial charge is 0.310 e. The van der Waals surface area contributed by atoms with Gasteiger partial charge in [0.2, 0.25) is 0 Å². The molecule has 0 spiro atoms. The second-order valence-corrected chi connectivity index (χ2v) is 6.69. The molecular formula is C15H23N3. The molecule has 0 unspecified atom stereocenters. The Morgan fingerprint density at radius 1 is 1.28 bits per heavy atom. The fourth-order valence-electron chi connectivity index (χ4n) is 4.09. The summed E-state index contributed by atoms with van der Waals surface area (Å²) in [5.41, 5.74) is 1.76. The summed E-state index contributed by atoms with van der Waals surface area (Å²) < 4.78 is 0. The first-order valence-corrected chi connectivity index (χ1v) is 7.06. The lowest BCUT2D eigenvalue weighted by Gasteiger charge is -2.62. The predicted octanol–water partition coefficient (Wildman–Crippen LogP) is 2.64. The van der Waals surface area contributed by atoms with Gasteiger partial charge in [0, 0.05) is 30.5 Å². The molecule has 2 bridgehead atoms. The van der Waals surface area contributed by atoms with E-state index in [4.69, 9.17) is 0 Å². The highest BCUT2D eigenvalue weighted by atomic mass is 14.9. The molecule has 1 aromatic heterocycles. The fourth-order valence-corrected chi connectivity index (χ4v) is 4.09. The van der Waals surface area contributed by atoms with Crippen LogP contribution in [-0.4, -0.2) is 16.0 Å². The van der Waals surface area contributed by atoms with Crippen LogP contribution in [0.2, 0.25) is 0 Å². The number of hydrogen-bond donors (Lipinski definition) is 1. The Morgan fingerprint density at radius 2 is 2.00 bits per heavy atom. The molecular weight excluding hydrogens is 222 g/mol. The maximum Gasteiger partial charge on any atom is 0.115 e. The van der Waals surface area contributed by atoms with E-state index in [1.54, 1.807) is 6.33 Å². The maximum absolute atomic E-state index is 4.06. The number of nitrogens with zero attached hydrogens (tertiary/aromatic N) is 2. The zero-order valence-electron chi connectivity index (χ0n) is 11.6. The van der Waals surface area contributed by atoms with Gasteiger partial charge >= 0.3 is 0 Å². The Balaban J connectivity index is 1.59. The quantitative estimate of drug-likeness (QED) is 0.889. The van der Waals surface area contributed by atoms with Gasteiger partial charge < -0.3 is 5.32 Å². The molecule has 0 radical (unpaired) electrons. The third kappa shape index (κ3) is 1.85. The van der Waals surface area contributed by atoms with Gasteiger partial charge in [0.25, 0.3) is 0 Å². The molecule has 0 amide bonds. The SMILES string of the molecule is C[C@H]1[C@H](NCc2cncnc2)C[C@H]2C[C@@H]1C2(C)C. The lowest BCUT2D eigenvalue weighted by Crippen LogP contribution is -2.59. The Morgan fingerprint density at radius 3 is 2.61 bits per heavy atom. The van der Waals surface area contributed by atoms with Gasteiger partial charge in [0.05, 0.1) is 0 Å². The van der Waals surface area contributed by atoms with Crippen LogP contribution < -0.4 is 5.32 Å². The molecule has 4 atom stereocenters. The van der Waals surface area contributed by atoms with Gasteiger partial charge in [-0.25, -0.2) is 9.97 Å². The smallest absolute Gasteiger partial charge is 0.115 e. The van der Waals surface area contributed by atoms with E-state index in [-0.39, 0.29) is 0 Å². The highest BCUT2D eigenvalue weighted by molar-refractivity contribution is 5.08. The summed E-state index contributed by atoms with van der Waals surface area (Å²) in [5.74, 6) is 2.61. The molecule has 3 saturated carbocycles. The van der Waals surface area contributed by atoms with Crippen molar-refractivity contribution in [1.82, 2.24) is 15.3 Å². The van der Waals surface area contributed by atoms with Gasteiger partial charge in [-0.15, -0.1) is 0 Å². The molecule has 1 N–H and O–H groups in total. The Kier molecular flexibility index (Phi) is 2.89. The lowest BCUT2D eigenvalue weighted by molar-refractivity contribution is -0.115. The second kappa shape index (κ2) is 4.30. The van der Waals surface area contributed by atoms with Crippen molar-refractivity contribution in [2.75, 3.05) is 0 Å². The van der Waals surface area contributed by atoms with Crippen LogP contribution in [0.3, 0.4) is 0 Å². The minimum atomic E-state index is 0.577. The van der Waals surface area contributed by atoms with Crippen molar-refractivity contribution >= 4 is 0 Å². The first-order chi connectivity index (χ1) is 8.59. The molecule has 98 valence electrons. The van der Waals surface area contributed by atoms with Crippen LogP contribution in [0.5, 0.6) is 0 Å². The molecule has 4 rings (SSSR count). The highest BCUT2D eigenvalue weighted by Crippen LogP contribution is 2.61. The third-order valence-electron chi connectivity index (χ3n) is 5.54. The van der Waals surface area contributed by atoms with E-state index in [2.05, 4.69) is 36.1 Å². The van der Waals surface area contributed by atoms with Crippen molar-refractivity contribution in [2.45, 2.75) is 46.2 Å². The van der Waals surface area contributed by atoms with Crippen molar-refractivity contribution < 1.29 is 0 Å². The minimum absolute atomic E-state index is 0.577. The Hall–Kier alpha value is -0.960. The van der Waals surface area contributed by atoms with Crippen LogP contribution in [0.25, 0.3) is 0 Å². The van der Waals surface area contributed by atoms with Crippen molar-refractivity contribution in [2.24, 2.45) is 23.2 Å². The minimum Gasteiger partial charge on any atom is -0.310 e. The summed E-state index contributed by atoms with van der Waals surface area (Å²) in [6.45, 7) is 8.21. The summed E-state index contributed by atoms with van der Waals surface area (Å²) >= 11 is 0. The monoisotopic (exact) mass is 245 g/mol. The van der Waals surface area contributed by atoms with Crippen LogP contribution in [0.4, 0.5) is 0 Å². The lowest BCUT2D eigenvalue weighted by atomic mass is 9.45. The molecule has 1 heterocycles. The second-order valence-electron chi connectivity index (χ2n) is 6.69. The van der Waals surface area contributed by atoms with Gasteiger partial charge in [0.15, 0.2) is 0 Å². The van der Waals surface area contributed by atoms with E-state index < -0.39 is 0 Å². The normalized spacial score (nSPS) is 37.1. The van der Waals surface area contributed by atoms with E-state index in [9.17, 15) is 0 Å². The first-order valence-electron chi connectivity index (χ1n) is 7.06. The maximum atomic E-state index is 4.06. The van der Waals surface area contributed by atoms with Crippen molar-refractivity contribution in [1.29, 1.82) is 0 Å². The number of nitrogens with one attached hydrogen (secondary N) is 1. The predicted molar refractivity (Wildman–Crippen MR) is 71.8 cm³/mol. The van der Waals surface area contributed by atoms with E-state index in [0.717, 1.165) is 24.3 Å². The summed E-state index contributed by atoms with van der Waals surface area (Å²) in [6.07, 6.45) is 8.17. The van der Waals surface area contributed by atoms with Crippen LogP contribution in [0.1, 0.15) is 39.2 Å². The zero-order valence-corrected chi connectivity index (χ0v) is 11.6. The van der Waals surface area contributed by atoms with Crippen molar-refractivity contribution in [3.05, 3.63) is 24.3 Å². The molecule has 3 nitrogen and oxygen atoms in total. The molecule has 0 saturated heterocycles. The number of fused-ring (bicyclic) bond motifs is 2. The molecule has 1 aromatic rings. The van der Waals surface area contributed by atoms with Crippen molar-refractivity contribution in [3.63, 3.8) is 0 Å². The van der Waals surface area contributed by atoms with E-state index in [1.807, 2.05) is 12.4 Å². The highest BCUT2D eigenvalue weighted by Gasteiger charge is 2.55. The zero-order chi connectivity index (χ0) is 12.8.